The predicted molar refractivity (Wildman–Crippen MR) is 119 cm³/mol. The molecule has 0 radical (unpaired) electrons. The molecule has 0 spiro atoms. The number of anilines is 1. The van der Waals surface area contributed by atoms with Gasteiger partial charge in [0.15, 0.2) is 0 Å². The molecule has 1 aliphatic rings. The predicted octanol–water partition coefficient (Wildman–Crippen LogP) is 4.34. The number of halogens is 1. The molecule has 0 bridgehead atoms. The number of phenols is 1. The summed E-state index contributed by atoms with van der Waals surface area (Å²) in [6.07, 6.45) is 3.37. The first kappa shape index (κ1) is 23.4. The molecule has 4 N–H and O–H groups in total. The minimum absolute atomic E-state index is 0.0992. The third-order valence-electron chi connectivity index (χ3n) is 5.47. The van der Waals surface area contributed by atoms with Crippen molar-refractivity contribution in [1.29, 1.82) is 0 Å². The highest BCUT2D eigenvalue weighted by Gasteiger charge is 2.22. The lowest BCUT2D eigenvalue weighted by Crippen LogP contribution is -2.32. The quantitative estimate of drug-likeness (QED) is 0.434. The number of aryl methyl sites for hydroxylation is 1. The van der Waals surface area contributed by atoms with Crippen molar-refractivity contribution in [3.05, 3.63) is 46.5 Å². The van der Waals surface area contributed by atoms with Crippen molar-refractivity contribution in [1.82, 2.24) is 5.32 Å². The normalized spacial score (nSPS) is 14.2. The van der Waals surface area contributed by atoms with Crippen LogP contribution in [0.3, 0.4) is 0 Å². The van der Waals surface area contributed by atoms with Crippen molar-refractivity contribution in [2.45, 2.75) is 33.1 Å². The summed E-state index contributed by atoms with van der Waals surface area (Å²) in [5.74, 6) is -2.55. The lowest BCUT2D eigenvalue weighted by molar-refractivity contribution is -0.144. The highest BCUT2D eigenvalue weighted by molar-refractivity contribution is 6.32. The van der Waals surface area contributed by atoms with Crippen LogP contribution in [0.2, 0.25) is 5.02 Å². The molecular weight excluding hydrogens is 436 g/mol. The van der Waals surface area contributed by atoms with Gasteiger partial charge in [0, 0.05) is 12.2 Å². The van der Waals surface area contributed by atoms with E-state index in [1.54, 1.807) is 13.0 Å². The van der Waals surface area contributed by atoms with Gasteiger partial charge in [-0.2, -0.15) is 0 Å². The molecule has 32 heavy (non-hydrogen) atoms. The van der Waals surface area contributed by atoms with E-state index in [1.807, 2.05) is 0 Å². The Morgan fingerprint density at radius 1 is 1.22 bits per heavy atom. The second kappa shape index (κ2) is 9.91. The van der Waals surface area contributed by atoms with Crippen molar-refractivity contribution in [3.8, 4) is 17.2 Å². The van der Waals surface area contributed by atoms with Gasteiger partial charge >= 0.3 is 5.97 Å². The maximum atomic E-state index is 12.5. The number of carbonyl (C=O) groups is 3. The molecular formula is C23H25ClN2O6. The molecule has 0 saturated heterocycles. The molecule has 0 aliphatic heterocycles. The molecule has 1 atom stereocenters. The Labute approximate surface area is 190 Å². The smallest absolute Gasteiger partial charge is 0.315 e. The molecule has 9 heteroatoms. The Morgan fingerprint density at radius 2 is 1.94 bits per heavy atom. The SMILES string of the molecule is Cc1cc(NC(=O)C(C)C(=O)O)cc(Cl)c1Oc1ccc(O)c(C(=O)NCC2CCC2)c1. The van der Waals surface area contributed by atoms with Crippen LogP contribution in [0.5, 0.6) is 17.2 Å². The van der Waals surface area contributed by atoms with Gasteiger partial charge < -0.3 is 25.6 Å². The zero-order valence-electron chi connectivity index (χ0n) is 17.8. The first-order valence-electron chi connectivity index (χ1n) is 10.3. The molecule has 1 unspecified atom stereocenters. The Kier molecular flexibility index (Phi) is 7.25. The Balaban J connectivity index is 1.74. The van der Waals surface area contributed by atoms with E-state index in [0.717, 1.165) is 12.8 Å². The molecule has 1 aliphatic carbocycles. The fourth-order valence-corrected chi connectivity index (χ4v) is 3.51. The molecule has 1 saturated carbocycles. The van der Waals surface area contributed by atoms with Crippen molar-refractivity contribution >= 4 is 35.1 Å². The summed E-state index contributed by atoms with van der Waals surface area (Å²) in [4.78, 5) is 35.4. The standard InChI is InChI=1S/C23H25ClN2O6/c1-12-8-15(26-21(28)13(2)23(30)31)9-18(24)20(12)32-16-6-7-19(27)17(10-16)22(29)25-11-14-4-3-5-14/h6-10,13-14,27H,3-5,11H2,1-2H3,(H,25,29)(H,26,28)(H,30,31). The van der Waals surface area contributed by atoms with Gasteiger partial charge in [0.1, 0.15) is 23.2 Å². The second-order valence-electron chi connectivity index (χ2n) is 7.94. The number of phenolic OH excluding ortho intramolecular Hbond substituents is 1. The van der Waals surface area contributed by atoms with E-state index in [1.165, 1.54) is 37.6 Å². The van der Waals surface area contributed by atoms with Crippen LogP contribution >= 0.6 is 11.6 Å². The summed E-state index contributed by atoms with van der Waals surface area (Å²) in [7, 11) is 0. The van der Waals surface area contributed by atoms with E-state index in [2.05, 4.69) is 10.6 Å². The number of hydrogen-bond donors (Lipinski definition) is 4. The summed E-state index contributed by atoms with van der Waals surface area (Å²) in [6.45, 7) is 3.57. The van der Waals surface area contributed by atoms with E-state index >= 15 is 0 Å². The second-order valence-corrected chi connectivity index (χ2v) is 8.35. The van der Waals surface area contributed by atoms with Crippen LogP contribution < -0.4 is 15.4 Å². The summed E-state index contributed by atoms with van der Waals surface area (Å²) >= 11 is 6.33. The summed E-state index contributed by atoms with van der Waals surface area (Å²) in [5, 5.41) is 24.6. The monoisotopic (exact) mass is 460 g/mol. The van der Waals surface area contributed by atoms with Crippen LogP contribution in [0.15, 0.2) is 30.3 Å². The van der Waals surface area contributed by atoms with Crippen LogP contribution in [0.4, 0.5) is 5.69 Å². The number of aromatic hydroxyl groups is 1. The van der Waals surface area contributed by atoms with Crippen LogP contribution in [-0.4, -0.2) is 34.5 Å². The highest BCUT2D eigenvalue weighted by atomic mass is 35.5. The van der Waals surface area contributed by atoms with E-state index in [0.29, 0.717) is 35.2 Å². The van der Waals surface area contributed by atoms with Gasteiger partial charge in [-0.25, -0.2) is 0 Å². The molecule has 0 aromatic heterocycles. The number of ether oxygens (including phenoxy) is 1. The highest BCUT2D eigenvalue weighted by Crippen LogP contribution is 2.36. The van der Waals surface area contributed by atoms with Gasteiger partial charge in [-0.3, -0.25) is 14.4 Å². The average molecular weight is 461 g/mol. The fourth-order valence-electron chi connectivity index (χ4n) is 3.20. The largest absolute Gasteiger partial charge is 0.507 e. The van der Waals surface area contributed by atoms with Crippen molar-refractivity contribution < 1.29 is 29.3 Å². The van der Waals surface area contributed by atoms with Gasteiger partial charge in [0.05, 0.1) is 10.6 Å². The number of nitrogens with one attached hydrogen (secondary N) is 2. The maximum Gasteiger partial charge on any atom is 0.315 e. The van der Waals surface area contributed by atoms with E-state index < -0.39 is 17.8 Å². The number of carboxylic acids is 1. The third-order valence-corrected chi connectivity index (χ3v) is 5.75. The lowest BCUT2D eigenvalue weighted by Gasteiger charge is -2.25. The zero-order chi connectivity index (χ0) is 23.4. The van der Waals surface area contributed by atoms with Crippen LogP contribution in [0.25, 0.3) is 0 Å². The van der Waals surface area contributed by atoms with Gasteiger partial charge in [0.25, 0.3) is 5.91 Å². The van der Waals surface area contributed by atoms with E-state index in [-0.39, 0.29) is 22.2 Å². The number of carbonyl (C=O) groups excluding carboxylic acids is 2. The Morgan fingerprint density at radius 3 is 2.53 bits per heavy atom. The minimum atomic E-state index is -1.23. The van der Waals surface area contributed by atoms with Gasteiger partial charge in [-0.05, 0) is 68.5 Å². The summed E-state index contributed by atoms with van der Waals surface area (Å²) < 4.78 is 5.86. The van der Waals surface area contributed by atoms with E-state index in [9.17, 15) is 19.5 Å². The number of aliphatic carboxylic acids is 1. The van der Waals surface area contributed by atoms with Crippen LogP contribution in [0.1, 0.15) is 42.1 Å². The minimum Gasteiger partial charge on any atom is -0.507 e. The average Bonchev–Trinajstić information content (AvgIpc) is 2.69. The van der Waals surface area contributed by atoms with Crippen molar-refractivity contribution in [2.24, 2.45) is 11.8 Å². The third kappa shape index (κ3) is 5.50. The topological polar surface area (TPSA) is 125 Å². The molecule has 8 nitrogen and oxygen atoms in total. The molecule has 170 valence electrons. The van der Waals surface area contributed by atoms with Gasteiger partial charge in [0.2, 0.25) is 5.91 Å². The van der Waals surface area contributed by atoms with Crippen molar-refractivity contribution in [2.75, 3.05) is 11.9 Å². The van der Waals surface area contributed by atoms with Gasteiger partial charge in [-0.15, -0.1) is 0 Å². The lowest BCUT2D eigenvalue weighted by atomic mass is 9.85. The molecule has 2 aromatic rings. The number of amides is 2. The summed E-state index contributed by atoms with van der Waals surface area (Å²) in [6, 6.07) is 7.37. The zero-order valence-corrected chi connectivity index (χ0v) is 18.5. The van der Waals surface area contributed by atoms with Crippen molar-refractivity contribution in [3.63, 3.8) is 0 Å². The molecule has 2 aromatic carbocycles. The Bertz CT molecular complexity index is 1030. The first-order chi connectivity index (χ1) is 15.2. The summed E-state index contributed by atoms with van der Waals surface area (Å²) in [5.41, 5.74) is 1.02. The number of carboxylic acid groups (broad SMARTS) is 1. The molecule has 3 rings (SSSR count). The maximum absolute atomic E-state index is 12.5. The number of hydrogen-bond acceptors (Lipinski definition) is 5. The number of benzene rings is 2. The first-order valence-corrected chi connectivity index (χ1v) is 10.7. The van der Waals surface area contributed by atoms with Crippen LogP contribution in [-0.2, 0) is 9.59 Å². The molecule has 0 heterocycles. The van der Waals surface area contributed by atoms with Gasteiger partial charge in [-0.1, -0.05) is 18.0 Å². The van der Waals surface area contributed by atoms with E-state index in [4.69, 9.17) is 21.4 Å². The van der Waals surface area contributed by atoms with Crippen LogP contribution in [0, 0.1) is 18.8 Å². The fraction of sp³-hybridized carbons (Fsp3) is 0.348. The number of rotatable bonds is 8. The molecule has 2 amide bonds. The molecule has 1 fully saturated rings. The Hall–Kier alpha value is -3.26.